The number of alkyl halides is 3. The minimum atomic E-state index is -4.27. The molecule has 0 aromatic carbocycles. The summed E-state index contributed by atoms with van der Waals surface area (Å²) in [7, 11) is 0. The first kappa shape index (κ1) is 23.5. The maximum absolute atomic E-state index is 12.8. The molecule has 0 unspecified atom stereocenters. The first-order valence-corrected chi connectivity index (χ1v) is 11.5. The molecule has 1 spiro atoms. The number of amides is 2. The van der Waals surface area contributed by atoms with Crippen molar-refractivity contribution >= 4 is 39.4 Å². The molecule has 180 valence electrons. The molecule has 4 heterocycles. The Morgan fingerprint density at radius 2 is 1.88 bits per heavy atom. The number of likely N-dealkylation sites (tertiary alicyclic amines) is 1. The highest BCUT2D eigenvalue weighted by Crippen LogP contribution is 2.43. The quantitative estimate of drug-likeness (QED) is 0.671. The SMILES string of the molecule is CC(C)(CC(=O)N1CC2(CCN(c3ncnc4sc(CC(F)(F)F)cc34)CC2)C1)NC(=O)O. The number of hydrogen-bond acceptors (Lipinski definition) is 6. The normalized spacial score (nSPS) is 18.5. The van der Waals surface area contributed by atoms with Crippen LogP contribution in [0.3, 0.4) is 0 Å². The summed E-state index contributed by atoms with van der Waals surface area (Å²) in [6.45, 7) is 6.03. The highest BCUT2D eigenvalue weighted by atomic mass is 32.1. The van der Waals surface area contributed by atoms with E-state index in [0.29, 0.717) is 42.2 Å². The number of aromatic nitrogens is 2. The van der Waals surface area contributed by atoms with Gasteiger partial charge in [0.15, 0.2) is 0 Å². The average Bonchev–Trinajstić information content (AvgIpc) is 3.05. The molecule has 0 saturated carbocycles. The third-order valence-electron chi connectivity index (χ3n) is 6.30. The van der Waals surface area contributed by atoms with Gasteiger partial charge in [0.25, 0.3) is 0 Å². The topological polar surface area (TPSA) is 98.7 Å². The van der Waals surface area contributed by atoms with Crippen molar-refractivity contribution in [3.05, 3.63) is 17.3 Å². The van der Waals surface area contributed by atoms with Gasteiger partial charge in [-0.2, -0.15) is 13.2 Å². The predicted molar refractivity (Wildman–Crippen MR) is 117 cm³/mol. The van der Waals surface area contributed by atoms with Crippen molar-refractivity contribution in [1.29, 1.82) is 0 Å². The zero-order valence-corrected chi connectivity index (χ0v) is 19.2. The number of rotatable bonds is 5. The number of carbonyl (C=O) groups is 2. The molecular weight excluding hydrogens is 459 g/mol. The molecule has 2 saturated heterocycles. The van der Waals surface area contributed by atoms with Crippen molar-refractivity contribution in [3.63, 3.8) is 0 Å². The lowest BCUT2D eigenvalue weighted by molar-refractivity contribution is -0.146. The second-order valence-corrected chi connectivity index (χ2v) is 10.8. The van der Waals surface area contributed by atoms with Crippen LogP contribution in [0.4, 0.5) is 23.8 Å². The van der Waals surface area contributed by atoms with E-state index in [-0.39, 0.29) is 22.6 Å². The first-order valence-electron chi connectivity index (χ1n) is 10.7. The van der Waals surface area contributed by atoms with Crippen LogP contribution in [0.25, 0.3) is 10.2 Å². The van der Waals surface area contributed by atoms with Crippen LogP contribution in [0, 0.1) is 5.41 Å². The molecule has 0 aliphatic carbocycles. The molecule has 2 amide bonds. The monoisotopic (exact) mass is 485 g/mol. The van der Waals surface area contributed by atoms with E-state index in [1.807, 2.05) is 0 Å². The zero-order chi connectivity index (χ0) is 24.0. The number of nitrogens with one attached hydrogen (secondary N) is 1. The van der Waals surface area contributed by atoms with Crippen molar-refractivity contribution in [2.75, 3.05) is 31.1 Å². The molecule has 4 rings (SSSR count). The number of carboxylic acid groups (broad SMARTS) is 1. The number of piperidine rings is 1. The lowest BCUT2D eigenvalue weighted by Crippen LogP contribution is -2.63. The number of fused-ring (bicyclic) bond motifs is 1. The number of hydrogen-bond donors (Lipinski definition) is 2. The van der Waals surface area contributed by atoms with Gasteiger partial charge in [-0.15, -0.1) is 11.3 Å². The molecule has 2 aliphatic rings. The summed E-state index contributed by atoms with van der Waals surface area (Å²) in [5.74, 6) is 0.586. The molecule has 12 heteroatoms. The van der Waals surface area contributed by atoms with Crippen LogP contribution in [-0.2, 0) is 11.2 Å². The Bertz CT molecular complexity index is 1060. The Kier molecular flexibility index (Phi) is 5.92. The Morgan fingerprint density at radius 1 is 1.21 bits per heavy atom. The van der Waals surface area contributed by atoms with Crippen LogP contribution in [0.15, 0.2) is 12.4 Å². The Labute approximate surface area is 192 Å². The smallest absolute Gasteiger partial charge is 0.405 e. The summed E-state index contributed by atoms with van der Waals surface area (Å²) in [4.78, 5) is 36.6. The minimum absolute atomic E-state index is 0.0266. The summed E-state index contributed by atoms with van der Waals surface area (Å²) in [6, 6.07) is 1.55. The summed E-state index contributed by atoms with van der Waals surface area (Å²) in [5, 5.41) is 11.9. The van der Waals surface area contributed by atoms with E-state index < -0.39 is 24.2 Å². The molecule has 0 bridgehead atoms. The number of carbonyl (C=O) groups excluding carboxylic acids is 1. The van der Waals surface area contributed by atoms with Crippen molar-refractivity contribution in [2.45, 2.75) is 51.2 Å². The second-order valence-electron chi connectivity index (χ2n) is 9.65. The third kappa shape index (κ3) is 5.31. The van der Waals surface area contributed by atoms with Crippen molar-refractivity contribution in [2.24, 2.45) is 5.41 Å². The molecule has 2 fully saturated rings. The van der Waals surface area contributed by atoms with Gasteiger partial charge in [0, 0.05) is 48.4 Å². The lowest BCUT2D eigenvalue weighted by Gasteiger charge is -2.54. The number of nitrogens with zero attached hydrogens (tertiary/aromatic N) is 4. The molecule has 33 heavy (non-hydrogen) atoms. The van der Waals surface area contributed by atoms with E-state index in [4.69, 9.17) is 5.11 Å². The van der Waals surface area contributed by atoms with E-state index in [0.717, 1.165) is 24.2 Å². The van der Waals surface area contributed by atoms with Crippen molar-refractivity contribution in [1.82, 2.24) is 20.2 Å². The highest BCUT2D eigenvalue weighted by Gasteiger charge is 2.47. The van der Waals surface area contributed by atoms with Gasteiger partial charge in [0.1, 0.15) is 17.0 Å². The largest absolute Gasteiger partial charge is 0.465 e. The molecular formula is C21H26F3N5O3S. The fraction of sp³-hybridized carbons (Fsp3) is 0.619. The molecule has 0 radical (unpaired) electrons. The second kappa shape index (κ2) is 8.30. The van der Waals surface area contributed by atoms with E-state index in [1.165, 1.54) is 6.33 Å². The summed E-state index contributed by atoms with van der Waals surface area (Å²) in [5.41, 5.74) is -0.808. The zero-order valence-electron chi connectivity index (χ0n) is 18.4. The van der Waals surface area contributed by atoms with Gasteiger partial charge >= 0.3 is 12.3 Å². The minimum Gasteiger partial charge on any atom is -0.465 e. The third-order valence-corrected chi connectivity index (χ3v) is 7.34. The van der Waals surface area contributed by atoms with Gasteiger partial charge in [-0.25, -0.2) is 14.8 Å². The lowest BCUT2D eigenvalue weighted by atomic mass is 9.71. The van der Waals surface area contributed by atoms with Crippen molar-refractivity contribution in [3.8, 4) is 0 Å². The molecule has 2 aromatic rings. The van der Waals surface area contributed by atoms with Gasteiger partial charge in [0.05, 0.1) is 11.8 Å². The molecule has 8 nitrogen and oxygen atoms in total. The summed E-state index contributed by atoms with van der Waals surface area (Å²) < 4.78 is 38.4. The maximum atomic E-state index is 12.8. The molecule has 2 aromatic heterocycles. The van der Waals surface area contributed by atoms with Crippen LogP contribution >= 0.6 is 11.3 Å². The standard InChI is InChI=1S/C21H26F3N5O3S/c1-19(2,27-18(31)32)9-15(30)29-10-20(11-29)3-5-28(6-4-20)16-14-7-13(8-21(22,23)24)33-17(14)26-12-25-16/h7,12,27H,3-6,8-11H2,1-2H3,(H,31,32). The average molecular weight is 486 g/mol. The van der Waals surface area contributed by atoms with Crippen LogP contribution in [0.5, 0.6) is 0 Å². The Balaban J connectivity index is 1.36. The van der Waals surface area contributed by atoms with E-state index in [9.17, 15) is 22.8 Å². The van der Waals surface area contributed by atoms with Gasteiger partial charge in [0.2, 0.25) is 5.91 Å². The molecule has 0 atom stereocenters. The fourth-order valence-electron chi connectivity index (χ4n) is 4.70. The van der Waals surface area contributed by atoms with E-state index in [2.05, 4.69) is 20.2 Å². The van der Waals surface area contributed by atoms with Crippen LogP contribution in [0.1, 0.15) is 38.0 Å². The molecule has 2 aliphatic heterocycles. The summed E-state index contributed by atoms with van der Waals surface area (Å²) >= 11 is 1.05. The first-order chi connectivity index (χ1) is 15.3. The number of thiophene rings is 1. The van der Waals surface area contributed by atoms with E-state index in [1.54, 1.807) is 24.8 Å². The fourth-order valence-corrected chi connectivity index (χ4v) is 5.72. The van der Waals surface area contributed by atoms with Crippen molar-refractivity contribution < 1.29 is 27.9 Å². The Hall–Kier alpha value is -2.63. The van der Waals surface area contributed by atoms with Crippen LogP contribution in [-0.4, -0.2) is 69.9 Å². The van der Waals surface area contributed by atoms with E-state index >= 15 is 0 Å². The number of anilines is 1. The highest BCUT2D eigenvalue weighted by molar-refractivity contribution is 7.18. The van der Waals surface area contributed by atoms with Gasteiger partial charge < -0.3 is 20.2 Å². The maximum Gasteiger partial charge on any atom is 0.405 e. The number of halogens is 3. The Morgan fingerprint density at radius 3 is 2.48 bits per heavy atom. The molecule has 2 N–H and O–H groups in total. The predicted octanol–water partition coefficient (Wildman–Crippen LogP) is 3.66. The van der Waals surface area contributed by atoms with Gasteiger partial charge in [-0.3, -0.25) is 4.79 Å². The van der Waals surface area contributed by atoms with Gasteiger partial charge in [-0.05, 0) is 32.8 Å². The van der Waals surface area contributed by atoms with Crippen LogP contribution in [0.2, 0.25) is 0 Å². The van der Waals surface area contributed by atoms with Crippen LogP contribution < -0.4 is 10.2 Å². The summed E-state index contributed by atoms with van der Waals surface area (Å²) in [6.07, 6.45) is -3.21. The van der Waals surface area contributed by atoms with Gasteiger partial charge in [-0.1, -0.05) is 0 Å².